The molecule has 3 N–H and O–H groups in total. The van der Waals surface area contributed by atoms with E-state index in [1.165, 1.54) is 0 Å². The number of nitrogens with one attached hydrogen (secondary N) is 2. The number of benzene rings is 1. The zero-order valence-corrected chi connectivity index (χ0v) is 18.4. The fourth-order valence-electron chi connectivity index (χ4n) is 3.47. The second-order valence-corrected chi connectivity index (χ2v) is 8.04. The summed E-state index contributed by atoms with van der Waals surface area (Å²) in [6, 6.07) is 13.2. The lowest BCUT2D eigenvalue weighted by atomic mass is 9.91. The molecule has 0 saturated carbocycles. The van der Waals surface area contributed by atoms with Crippen LogP contribution in [-0.4, -0.2) is 53.5 Å². The van der Waals surface area contributed by atoms with Crippen LogP contribution in [-0.2, 0) is 9.53 Å². The molecule has 0 unspecified atom stereocenters. The van der Waals surface area contributed by atoms with E-state index in [0.29, 0.717) is 36.9 Å². The van der Waals surface area contributed by atoms with Crippen molar-refractivity contribution in [2.75, 3.05) is 19.8 Å². The summed E-state index contributed by atoms with van der Waals surface area (Å²) >= 11 is 6.00. The molecule has 182 valence electrons. The maximum absolute atomic E-state index is 13.1. The number of aliphatic hydroxyl groups is 1. The molecule has 3 aromatic rings. The van der Waals surface area contributed by atoms with Crippen LogP contribution in [0.1, 0.15) is 23.5 Å². The Balaban J connectivity index is 0.000000406. The number of aliphatic hydroxyl groups excluding tert-OH is 1. The molecule has 2 aromatic heterocycles. The van der Waals surface area contributed by atoms with Gasteiger partial charge >= 0.3 is 17.9 Å². The number of carbonyl (C=O) groups is 2. The third-order valence-corrected chi connectivity index (χ3v) is 5.56. The number of imidazole rings is 1. The molecule has 0 bridgehead atoms. The maximum Gasteiger partial charge on any atom is 0.430 e. The highest BCUT2D eigenvalue weighted by Gasteiger charge is 2.37. The van der Waals surface area contributed by atoms with Crippen LogP contribution in [0.25, 0.3) is 16.8 Å². The van der Waals surface area contributed by atoms with Gasteiger partial charge in [0.05, 0.1) is 18.3 Å². The number of carboxylic acids is 1. The van der Waals surface area contributed by atoms with Crippen molar-refractivity contribution in [2.45, 2.75) is 24.6 Å². The van der Waals surface area contributed by atoms with Gasteiger partial charge in [-0.25, -0.2) is 4.98 Å². The van der Waals surface area contributed by atoms with Crippen molar-refractivity contribution < 1.29 is 42.1 Å². The Morgan fingerprint density at radius 2 is 1.79 bits per heavy atom. The molecule has 1 fully saturated rings. The number of ether oxygens (including phenoxy) is 1. The Morgan fingerprint density at radius 1 is 1.18 bits per heavy atom. The second-order valence-electron chi connectivity index (χ2n) is 7.60. The molecule has 34 heavy (non-hydrogen) atoms. The highest BCUT2D eigenvalue weighted by molar-refractivity contribution is 6.30. The molecule has 3 heterocycles. The molecule has 12 heteroatoms. The molecule has 0 atom stereocenters. The number of amides is 1. The Hall–Kier alpha value is -3.15. The summed E-state index contributed by atoms with van der Waals surface area (Å²) in [6.07, 6.45) is -2.18. The summed E-state index contributed by atoms with van der Waals surface area (Å²) in [7, 11) is 0. The van der Waals surface area contributed by atoms with Gasteiger partial charge in [0.2, 0.25) is 0 Å². The van der Waals surface area contributed by atoms with Crippen LogP contribution in [0, 0.1) is 0 Å². The van der Waals surface area contributed by atoms with Crippen LogP contribution in [0.2, 0.25) is 5.02 Å². The smallest absolute Gasteiger partial charge is 0.430 e. The fraction of sp³-hybridized carbons (Fsp3) is 0.318. The zero-order valence-electron chi connectivity index (χ0n) is 17.7. The number of rotatable bonds is 4. The lowest BCUT2D eigenvalue weighted by Crippen LogP contribution is -2.55. The Kier molecular flexibility index (Phi) is 7.80. The molecular formula is C22H21ClF3N3O5. The maximum atomic E-state index is 13.1. The van der Waals surface area contributed by atoms with Gasteiger partial charge in [-0.05, 0) is 49.2 Å². The van der Waals surface area contributed by atoms with E-state index in [4.69, 9.17) is 26.2 Å². The van der Waals surface area contributed by atoms with Crippen LogP contribution in [0.15, 0.2) is 48.7 Å². The average molecular weight is 500 g/mol. The van der Waals surface area contributed by atoms with Crippen molar-refractivity contribution in [1.29, 1.82) is 0 Å². The van der Waals surface area contributed by atoms with E-state index in [-0.39, 0.29) is 12.5 Å². The van der Waals surface area contributed by atoms with Gasteiger partial charge in [-0.15, -0.1) is 0 Å². The molecule has 1 amide bonds. The molecular weight excluding hydrogens is 479 g/mol. The van der Waals surface area contributed by atoms with Gasteiger partial charge in [-0.1, -0.05) is 17.7 Å². The van der Waals surface area contributed by atoms with Crippen molar-refractivity contribution in [3.63, 3.8) is 0 Å². The van der Waals surface area contributed by atoms with Crippen molar-refractivity contribution in [2.24, 2.45) is 0 Å². The van der Waals surface area contributed by atoms with E-state index in [9.17, 15) is 23.1 Å². The van der Waals surface area contributed by atoms with Crippen molar-refractivity contribution >= 4 is 29.0 Å². The molecule has 1 aliphatic heterocycles. The number of alkyl halides is 3. The van der Waals surface area contributed by atoms with Gasteiger partial charge in [0, 0.05) is 23.8 Å². The predicted molar refractivity (Wildman–Crippen MR) is 113 cm³/mol. The van der Waals surface area contributed by atoms with Gasteiger partial charge in [0.1, 0.15) is 5.97 Å². The highest BCUT2D eigenvalue weighted by Crippen LogP contribution is 2.25. The second kappa shape index (κ2) is 10.4. The number of hydrogen-bond donors (Lipinski definition) is 3. The number of pyridine rings is 1. The number of hydrogen-bond acceptors (Lipinski definition) is 5. The van der Waals surface area contributed by atoms with Crippen molar-refractivity contribution in [1.82, 2.24) is 10.3 Å². The predicted octanol–water partition coefficient (Wildman–Crippen LogP) is 1.64. The van der Waals surface area contributed by atoms with E-state index in [1.807, 2.05) is 53.1 Å². The summed E-state index contributed by atoms with van der Waals surface area (Å²) in [5.41, 5.74) is 2.00. The van der Waals surface area contributed by atoms with E-state index < -0.39 is 17.7 Å². The SMILES string of the molecule is O=C(NC1(CO)CCOCC1)c1[nH]c(-c2ccc(Cl)cc2)c2cccc[n+]12.O=C([O-])C(F)(F)F. The van der Waals surface area contributed by atoms with E-state index in [0.717, 1.165) is 16.8 Å². The lowest BCUT2D eigenvalue weighted by molar-refractivity contribution is -0.514. The van der Waals surface area contributed by atoms with Gasteiger partial charge in [-0.2, -0.15) is 17.6 Å². The van der Waals surface area contributed by atoms with Crippen molar-refractivity contribution in [3.05, 3.63) is 59.5 Å². The molecule has 4 rings (SSSR count). The van der Waals surface area contributed by atoms with Crippen molar-refractivity contribution in [3.8, 4) is 11.3 Å². The van der Waals surface area contributed by atoms with Gasteiger partial charge < -0.3 is 25.1 Å². The quantitative estimate of drug-likeness (QED) is 0.472. The number of aliphatic carboxylic acids is 1. The number of H-pyrrole nitrogens is 1. The highest BCUT2D eigenvalue weighted by atomic mass is 35.5. The molecule has 1 aromatic carbocycles. The first-order chi connectivity index (χ1) is 16.1. The summed E-state index contributed by atoms with van der Waals surface area (Å²) < 4.78 is 38.7. The van der Waals surface area contributed by atoms with Crippen LogP contribution in [0.5, 0.6) is 0 Å². The van der Waals surface area contributed by atoms with Crippen LogP contribution < -0.4 is 14.8 Å². The summed E-state index contributed by atoms with van der Waals surface area (Å²) in [5.74, 6) is -2.85. The van der Waals surface area contributed by atoms with Gasteiger partial charge in [0.15, 0.2) is 11.2 Å². The zero-order chi connectivity index (χ0) is 24.9. The number of nitrogens with zero attached hydrogens (tertiary/aromatic N) is 1. The first-order valence-electron chi connectivity index (χ1n) is 10.1. The standard InChI is InChI=1S/C20H20ClN3O3.C2HF3O2/c21-15-6-4-14(5-7-15)17-16-3-1-2-10-24(16)18(22-17)19(26)23-20(13-25)8-11-27-12-9-20;3-2(4,5)1(6)7/h1-7,10,25H,8-9,11-13H2,(H,23,26);(H,6,7). The van der Waals surface area contributed by atoms with Crippen LogP contribution >= 0.6 is 11.6 Å². The summed E-state index contributed by atoms with van der Waals surface area (Å²) in [4.78, 5) is 25.1. The Morgan fingerprint density at radius 3 is 2.35 bits per heavy atom. The summed E-state index contributed by atoms with van der Waals surface area (Å²) in [6.45, 7) is 0.931. The fourth-order valence-corrected chi connectivity index (χ4v) is 3.60. The molecule has 1 aliphatic rings. The van der Waals surface area contributed by atoms with Crippen LogP contribution in [0.4, 0.5) is 13.2 Å². The minimum absolute atomic E-state index is 0.116. The number of carbonyl (C=O) groups excluding carboxylic acids is 2. The topological polar surface area (TPSA) is 119 Å². The molecule has 0 spiro atoms. The molecule has 8 nitrogen and oxygen atoms in total. The third-order valence-electron chi connectivity index (χ3n) is 5.31. The average Bonchev–Trinajstić information content (AvgIpc) is 3.20. The van der Waals surface area contributed by atoms with Gasteiger partial charge in [-0.3, -0.25) is 4.79 Å². The monoisotopic (exact) mass is 499 g/mol. The number of aromatic amines is 1. The Labute approximate surface area is 196 Å². The number of fused-ring (bicyclic) bond motifs is 1. The summed E-state index contributed by atoms with van der Waals surface area (Å²) in [5, 5.41) is 22.3. The number of aromatic nitrogens is 2. The Bertz CT molecular complexity index is 1160. The van der Waals surface area contributed by atoms with E-state index >= 15 is 0 Å². The number of carboxylic acid groups (broad SMARTS) is 1. The van der Waals surface area contributed by atoms with Gasteiger partial charge in [0.25, 0.3) is 0 Å². The minimum atomic E-state index is -5.19. The molecule has 0 aliphatic carbocycles. The molecule has 1 saturated heterocycles. The largest absolute Gasteiger partial charge is 0.542 e. The normalized spacial score (nSPS) is 15.3. The minimum Gasteiger partial charge on any atom is -0.542 e. The first kappa shape index (κ1) is 25.5. The van der Waals surface area contributed by atoms with Crippen LogP contribution in [0.3, 0.4) is 0 Å². The first-order valence-corrected chi connectivity index (χ1v) is 10.5. The lowest BCUT2D eigenvalue weighted by Gasteiger charge is -2.35. The van der Waals surface area contributed by atoms with E-state index in [2.05, 4.69) is 10.3 Å². The third kappa shape index (κ3) is 5.85. The van der Waals surface area contributed by atoms with E-state index in [1.54, 1.807) is 0 Å². The molecule has 0 radical (unpaired) electrons. The number of halogens is 4.